The molecule has 29 heavy (non-hydrogen) atoms. The van der Waals surface area contributed by atoms with Gasteiger partial charge in [-0.2, -0.15) is 13.2 Å². The Morgan fingerprint density at radius 2 is 1.69 bits per heavy atom. The van der Waals surface area contributed by atoms with Crippen LogP contribution in [0.15, 0.2) is 54.6 Å². The molecule has 1 aliphatic carbocycles. The Kier molecular flexibility index (Phi) is 5.34. The van der Waals surface area contributed by atoms with Crippen molar-refractivity contribution in [1.82, 2.24) is 0 Å². The quantitative estimate of drug-likeness (QED) is 0.761. The summed E-state index contributed by atoms with van der Waals surface area (Å²) in [6, 6.07) is 13.0. The third-order valence-electron chi connectivity index (χ3n) is 5.15. The molecule has 152 valence electrons. The highest BCUT2D eigenvalue weighted by Gasteiger charge is 2.51. The molecule has 1 amide bonds. The Morgan fingerprint density at radius 3 is 2.31 bits per heavy atom. The smallest absolute Gasteiger partial charge is 0.325 e. The van der Waals surface area contributed by atoms with Crippen LogP contribution in [0.2, 0.25) is 0 Å². The lowest BCUT2D eigenvalue weighted by molar-refractivity contribution is -0.146. The Morgan fingerprint density at radius 1 is 1.03 bits per heavy atom. The highest BCUT2D eigenvalue weighted by Crippen LogP contribution is 2.45. The summed E-state index contributed by atoms with van der Waals surface area (Å²) in [5.41, 5.74) is -1.03. The lowest BCUT2D eigenvalue weighted by Gasteiger charge is -2.39. The van der Waals surface area contributed by atoms with Gasteiger partial charge in [0.05, 0.1) is 5.56 Å². The molecule has 0 aromatic heterocycles. The number of ketones is 2. The number of hydrogen-bond donors (Lipinski definition) is 1. The lowest BCUT2D eigenvalue weighted by Crippen LogP contribution is -2.48. The highest BCUT2D eigenvalue weighted by molar-refractivity contribution is 6.24. The second-order valence-corrected chi connectivity index (χ2v) is 7.88. The van der Waals surface area contributed by atoms with Crippen molar-refractivity contribution in [3.05, 3.63) is 65.7 Å². The van der Waals surface area contributed by atoms with E-state index >= 15 is 0 Å². The Labute approximate surface area is 166 Å². The monoisotopic (exact) mass is 403 g/mol. The van der Waals surface area contributed by atoms with E-state index in [9.17, 15) is 27.6 Å². The summed E-state index contributed by atoms with van der Waals surface area (Å²) < 4.78 is 38.7. The summed E-state index contributed by atoms with van der Waals surface area (Å²) in [6.45, 7) is 3.59. The van der Waals surface area contributed by atoms with E-state index < -0.39 is 46.5 Å². The van der Waals surface area contributed by atoms with E-state index in [-0.39, 0.29) is 12.1 Å². The summed E-state index contributed by atoms with van der Waals surface area (Å²) in [7, 11) is 0. The molecule has 3 rings (SSSR count). The van der Waals surface area contributed by atoms with Gasteiger partial charge in [0.15, 0.2) is 17.5 Å². The van der Waals surface area contributed by atoms with Crippen LogP contribution in [0.5, 0.6) is 0 Å². The maximum Gasteiger partial charge on any atom is 0.416 e. The largest absolute Gasteiger partial charge is 0.416 e. The number of anilines is 1. The molecule has 1 fully saturated rings. The number of Topliss-reactive ketones (excluding diaryl/α,β-unsaturated/α-hetero) is 2. The zero-order valence-corrected chi connectivity index (χ0v) is 15.9. The van der Waals surface area contributed by atoms with Crippen molar-refractivity contribution < 1.29 is 27.6 Å². The molecule has 2 unspecified atom stereocenters. The third-order valence-corrected chi connectivity index (χ3v) is 5.15. The maximum absolute atomic E-state index is 13.1. The highest BCUT2D eigenvalue weighted by atomic mass is 19.4. The first-order valence-corrected chi connectivity index (χ1v) is 9.10. The minimum atomic E-state index is -4.57. The molecule has 0 aliphatic heterocycles. The van der Waals surface area contributed by atoms with Crippen molar-refractivity contribution in [2.24, 2.45) is 11.3 Å². The second kappa shape index (κ2) is 7.46. The van der Waals surface area contributed by atoms with Gasteiger partial charge >= 0.3 is 6.18 Å². The van der Waals surface area contributed by atoms with Gasteiger partial charge in [-0.25, -0.2) is 0 Å². The van der Waals surface area contributed by atoms with Crippen LogP contribution in [0.3, 0.4) is 0 Å². The maximum atomic E-state index is 13.1. The number of rotatable bonds is 3. The number of amides is 1. The van der Waals surface area contributed by atoms with Crippen molar-refractivity contribution in [2.45, 2.75) is 32.4 Å². The van der Waals surface area contributed by atoms with Crippen molar-refractivity contribution in [2.75, 3.05) is 5.32 Å². The number of carbonyl (C=O) groups is 3. The zero-order valence-electron chi connectivity index (χ0n) is 15.9. The summed E-state index contributed by atoms with van der Waals surface area (Å²) >= 11 is 0. The van der Waals surface area contributed by atoms with Crippen LogP contribution in [0.25, 0.3) is 0 Å². The van der Waals surface area contributed by atoms with Crippen molar-refractivity contribution in [3.8, 4) is 0 Å². The van der Waals surface area contributed by atoms with Crippen LogP contribution < -0.4 is 5.32 Å². The molecule has 0 radical (unpaired) electrons. The zero-order chi connectivity index (χ0) is 21.4. The topological polar surface area (TPSA) is 63.2 Å². The fourth-order valence-corrected chi connectivity index (χ4v) is 3.89. The average molecular weight is 403 g/mol. The van der Waals surface area contributed by atoms with Crippen molar-refractivity contribution in [3.63, 3.8) is 0 Å². The van der Waals surface area contributed by atoms with E-state index in [4.69, 9.17) is 0 Å². The first-order valence-electron chi connectivity index (χ1n) is 9.10. The van der Waals surface area contributed by atoms with Crippen LogP contribution in [0.4, 0.5) is 18.9 Å². The SMILES string of the molecule is CC1(C)CC(=O)C(C(=O)Nc2cccc(C(F)(F)F)c2)C(=O)C1c1ccccc1. The Hall–Kier alpha value is -2.96. The van der Waals surface area contributed by atoms with E-state index in [2.05, 4.69) is 5.32 Å². The van der Waals surface area contributed by atoms with Gasteiger partial charge in [-0.15, -0.1) is 0 Å². The van der Waals surface area contributed by atoms with Crippen LogP contribution in [-0.2, 0) is 20.6 Å². The molecule has 4 nitrogen and oxygen atoms in total. The van der Waals surface area contributed by atoms with E-state index in [1.165, 1.54) is 6.07 Å². The van der Waals surface area contributed by atoms with Crippen molar-refractivity contribution >= 4 is 23.2 Å². The predicted molar refractivity (Wildman–Crippen MR) is 101 cm³/mol. The minimum absolute atomic E-state index is 0.0129. The molecule has 0 heterocycles. The van der Waals surface area contributed by atoms with Crippen LogP contribution >= 0.6 is 0 Å². The lowest BCUT2D eigenvalue weighted by atomic mass is 9.61. The van der Waals surface area contributed by atoms with Gasteiger partial charge in [-0.1, -0.05) is 50.2 Å². The molecule has 0 saturated heterocycles. The molecule has 2 atom stereocenters. The number of nitrogens with one attached hydrogen (secondary N) is 1. The standard InChI is InChI=1S/C22H20F3NO3/c1-21(2)12-16(27)17(19(28)18(21)13-7-4-3-5-8-13)20(29)26-15-10-6-9-14(11-15)22(23,24)25/h3-11,17-18H,12H2,1-2H3,(H,26,29). The summed E-state index contributed by atoms with van der Waals surface area (Å²) in [4.78, 5) is 38.4. The molecule has 0 bridgehead atoms. The fourth-order valence-electron chi connectivity index (χ4n) is 3.89. The van der Waals surface area contributed by atoms with Gasteiger partial charge < -0.3 is 5.32 Å². The number of hydrogen-bond acceptors (Lipinski definition) is 3. The Bertz CT molecular complexity index is 951. The van der Waals surface area contributed by atoms with Gasteiger partial charge in [0.2, 0.25) is 5.91 Å². The molecular weight excluding hydrogens is 383 g/mol. The first kappa shape index (κ1) is 20.8. The normalized spacial score (nSPS) is 21.7. The minimum Gasteiger partial charge on any atom is -0.325 e. The molecule has 0 spiro atoms. The first-order chi connectivity index (χ1) is 13.5. The molecule has 7 heteroatoms. The molecule has 1 aliphatic rings. The Balaban J connectivity index is 1.89. The van der Waals surface area contributed by atoms with E-state index in [0.29, 0.717) is 5.56 Å². The van der Waals surface area contributed by atoms with Crippen LogP contribution in [-0.4, -0.2) is 17.5 Å². The predicted octanol–water partition coefficient (Wildman–Crippen LogP) is 4.61. The van der Waals surface area contributed by atoms with E-state index in [1.54, 1.807) is 44.2 Å². The molecule has 2 aromatic rings. The number of benzene rings is 2. The van der Waals surface area contributed by atoms with Gasteiger partial charge in [0, 0.05) is 18.0 Å². The van der Waals surface area contributed by atoms with Gasteiger partial charge in [-0.3, -0.25) is 14.4 Å². The molecule has 2 aromatic carbocycles. The third kappa shape index (κ3) is 4.23. The summed E-state index contributed by atoms with van der Waals surface area (Å²) in [6.07, 6.45) is -4.56. The van der Waals surface area contributed by atoms with Gasteiger partial charge in [0.1, 0.15) is 0 Å². The summed E-state index contributed by atoms with van der Waals surface area (Å²) in [5, 5.41) is 2.30. The molecular formula is C22H20F3NO3. The molecule has 1 N–H and O–H groups in total. The van der Waals surface area contributed by atoms with Gasteiger partial charge in [-0.05, 0) is 29.2 Å². The van der Waals surface area contributed by atoms with Gasteiger partial charge in [0.25, 0.3) is 0 Å². The van der Waals surface area contributed by atoms with E-state index in [1.807, 2.05) is 0 Å². The fraction of sp³-hybridized carbons (Fsp3) is 0.318. The average Bonchev–Trinajstić information content (AvgIpc) is 2.61. The van der Waals surface area contributed by atoms with Crippen LogP contribution in [0.1, 0.15) is 37.3 Å². The van der Waals surface area contributed by atoms with Crippen molar-refractivity contribution in [1.29, 1.82) is 0 Å². The van der Waals surface area contributed by atoms with E-state index in [0.717, 1.165) is 18.2 Å². The molecule has 1 saturated carbocycles. The number of alkyl halides is 3. The van der Waals surface area contributed by atoms with Crippen LogP contribution in [0, 0.1) is 11.3 Å². The summed E-state index contributed by atoms with van der Waals surface area (Å²) in [5.74, 6) is -4.20. The second-order valence-electron chi connectivity index (χ2n) is 7.88. The number of carbonyl (C=O) groups excluding carboxylic acids is 3. The number of halogens is 3.